The lowest BCUT2D eigenvalue weighted by molar-refractivity contribution is 0.0281. The summed E-state index contributed by atoms with van der Waals surface area (Å²) in [5, 5.41) is 2.57. The number of amides is 2. The van der Waals surface area contributed by atoms with Gasteiger partial charge in [0, 0.05) is 22.1 Å². The highest BCUT2D eigenvalue weighted by atomic mass is 79.9. The third-order valence-electron chi connectivity index (χ3n) is 3.98. The number of hydrogen-bond acceptors (Lipinski definition) is 3. The second-order valence-corrected chi connectivity index (χ2v) is 8.16. The van der Waals surface area contributed by atoms with Crippen molar-refractivity contribution < 1.29 is 23.1 Å². The van der Waals surface area contributed by atoms with E-state index >= 15 is 0 Å². The van der Waals surface area contributed by atoms with Crippen molar-refractivity contribution in [2.75, 3.05) is 13.1 Å². The molecule has 1 fully saturated rings. The molecule has 1 saturated heterocycles. The fraction of sp³-hybridized carbons (Fsp3) is 0.556. The normalized spacial score (nSPS) is 20.2. The van der Waals surface area contributed by atoms with Gasteiger partial charge >= 0.3 is 6.09 Å². The van der Waals surface area contributed by atoms with Crippen molar-refractivity contribution in [2.24, 2.45) is 0 Å². The lowest BCUT2D eigenvalue weighted by Gasteiger charge is -2.24. The van der Waals surface area contributed by atoms with Gasteiger partial charge in [-0.15, -0.1) is 0 Å². The molecule has 1 heterocycles. The lowest BCUT2D eigenvalue weighted by atomic mass is 10.0. The molecule has 1 N–H and O–H groups in total. The fourth-order valence-corrected chi connectivity index (χ4v) is 3.22. The van der Waals surface area contributed by atoms with Crippen LogP contribution in [0, 0.1) is 5.82 Å². The van der Waals surface area contributed by atoms with Gasteiger partial charge in [0.1, 0.15) is 17.6 Å². The Bertz CT molecular complexity index is 706. The van der Waals surface area contributed by atoms with Crippen molar-refractivity contribution in [3.05, 3.63) is 33.5 Å². The number of ether oxygens (including phenoxy) is 1. The summed E-state index contributed by atoms with van der Waals surface area (Å²) in [5.41, 5.74) is -0.265. The maximum atomic E-state index is 14.3. The van der Waals surface area contributed by atoms with Gasteiger partial charge in [0.15, 0.2) is 0 Å². The van der Waals surface area contributed by atoms with Crippen molar-refractivity contribution in [1.29, 1.82) is 0 Å². The van der Waals surface area contributed by atoms with E-state index in [1.807, 2.05) is 0 Å². The molecule has 8 heteroatoms. The predicted molar refractivity (Wildman–Crippen MR) is 97.4 cm³/mol. The van der Waals surface area contributed by atoms with E-state index in [4.69, 9.17) is 4.74 Å². The van der Waals surface area contributed by atoms with Crippen LogP contribution in [0.25, 0.3) is 0 Å². The zero-order valence-corrected chi connectivity index (χ0v) is 16.8. The van der Waals surface area contributed by atoms with Gasteiger partial charge in [0.05, 0.1) is 12.6 Å². The first-order chi connectivity index (χ1) is 12.0. The van der Waals surface area contributed by atoms with E-state index in [0.29, 0.717) is 10.9 Å². The summed E-state index contributed by atoms with van der Waals surface area (Å²) < 4.78 is 34.0. The number of likely N-dealkylation sites (tertiary alicyclic amines) is 1. The fourth-order valence-electron chi connectivity index (χ4n) is 2.79. The molecule has 1 aromatic rings. The van der Waals surface area contributed by atoms with Gasteiger partial charge < -0.3 is 15.0 Å². The highest BCUT2D eigenvalue weighted by Gasteiger charge is 2.38. The Balaban J connectivity index is 2.10. The highest BCUT2D eigenvalue weighted by Crippen LogP contribution is 2.23. The summed E-state index contributed by atoms with van der Waals surface area (Å²) >= 11 is 3.16. The average molecular weight is 433 g/mol. The van der Waals surface area contributed by atoms with E-state index in [0.717, 1.165) is 0 Å². The number of carbonyl (C=O) groups is 2. The molecule has 0 aliphatic carbocycles. The van der Waals surface area contributed by atoms with Crippen molar-refractivity contribution >= 4 is 27.9 Å². The number of hydrogen-bond donors (Lipinski definition) is 1. The molecule has 0 bridgehead atoms. The third-order valence-corrected chi connectivity index (χ3v) is 4.43. The van der Waals surface area contributed by atoms with Gasteiger partial charge in [-0.2, -0.15) is 0 Å². The van der Waals surface area contributed by atoms with Gasteiger partial charge in [-0.05, 0) is 39.3 Å². The predicted octanol–water partition coefficient (Wildman–Crippen LogP) is 3.84. The van der Waals surface area contributed by atoms with E-state index in [1.54, 1.807) is 27.7 Å². The van der Waals surface area contributed by atoms with E-state index < -0.39 is 35.6 Å². The minimum Gasteiger partial charge on any atom is -0.444 e. The van der Waals surface area contributed by atoms with Gasteiger partial charge in [-0.25, -0.2) is 13.6 Å². The van der Waals surface area contributed by atoms with Crippen LogP contribution in [0.1, 0.15) is 43.6 Å². The van der Waals surface area contributed by atoms with Crippen molar-refractivity contribution in [2.45, 2.75) is 51.9 Å². The maximum absolute atomic E-state index is 14.3. The summed E-state index contributed by atoms with van der Waals surface area (Å²) in [6, 6.07) is 1.92. The van der Waals surface area contributed by atoms with E-state index in [-0.39, 0.29) is 24.2 Å². The second-order valence-electron chi connectivity index (χ2n) is 7.25. The lowest BCUT2D eigenvalue weighted by Crippen LogP contribution is -2.42. The van der Waals surface area contributed by atoms with Crippen LogP contribution in [-0.4, -0.2) is 47.8 Å². The Morgan fingerprint density at radius 1 is 1.35 bits per heavy atom. The molecule has 2 amide bonds. The molecule has 0 aromatic heterocycles. The summed E-state index contributed by atoms with van der Waals surface area (Å²) in [7, 11) is 0. The molecule has 1 aromatic carbocycles. The van der Waals surface area contributed by atoms with Crippen molar-refractivity contribution in [3.8, 4) is 0 Å². The van der Waals surface area contributed by atoms with Gasteiger partial charge in [-0.1, -0.05) is 22.9 Å². The smallest absolute Gasteiger partial charge is 0.410 e. The zero-order valence-electron chi connectivity index (χ0n) is 15.2. The molecule has 2 atom stereocenters. The van der Waals surface area contributed by atoms with E-state index in [2.05, 4.69) is 21.2 Å². The molecule has 0 saturated carbocycles. The standard InChI is InChI=1S/C18H23BrF2N2O3/c1-5-11-12(6-10(19)7-13(11)20)16(24)22-15-9-23(8-14(15)21)17(25)26-18(2,3)4/h6-7,14-15H,5,8-9H2,1-4H3,(H,22,24)/t14-,15+/m0/s1. The van der Waals surface area contributed by atoms with E-state index in [1.165, 1.54) is 17.0 Å². The Hall–Kier alpha value is -1.70. The molecule has 26 heavy (non-hydrogen) atoms. The van der Waals surface area contributed by atoms with Crippen LogP contribution in [0.2, 0.25) is 0 Å². The molecule has 1 aliphatic heterocycles. The summed E-state index contributed by atoms with van der Waals surface area (Å²) in [6.07, 6.45) is -1.72. The minimum atomic E-state index is -1.42. The molecule has 5 nitrogen and oxygen atoms in total. The molecule has 0 radical (unpaired) electrons. The number of carbonyl (C=O) groups excluding carboxylic acids is 2. The van der Waals surface area contributed by atoms with Crippen LogP contribution < -0.4 is 5.32 Å². The van der Waals surface area contributed by atoms with Crippen molar-refractivity contribution in [3.63, 3.8) is 0 Å². The SMILES string of the molecule is CCc1c(F)cc(Br)cc1C(=O)N[C@@H]1CN(C(=O)OC(C)(C)C)C[C@@H]1F. The molecular formula is C18H23BrF2N2O3. The van der Waals surface area contributed by atoms with Gasteiger partial charge in [0.25, 0.3) is 5.91 Å². The maximum Gasteiger partial charge on any atom is 0.410 e. The minimum absolute atomic E-state index is 0.000234. The van der Waals surface area contributed by atoms with Crippen LogP contribution in [0.4, 0.5) is 13.6 Å². The first-order valence-corrected chi connectivity index (χ1v) is 9.22. The van der Waals surface area contributed by atoms with Crippen LogP contribution >= 0.6 is 15.9 Å². The number of nitrogens with zero attached hydrogens (tertiary/aromatic N) is 1. The van der Waals surface area contributed by atoms with Crippen LogP contribution in [0.15, 0.2) is 16.6 Å². The largest absolute Gasteiger partial charge is 0.444 e. The Morgan fingerprint density at radius 2 is 2.00 bits per heavy atom. The Labute approximate surface area is 160 Å². The molecule has 1 aliphatic rings. The second kappa shape index (κ2) is 7.90. The number of halogens is 3. The quantitative estimate of drug-likeness (QED) is 0.789. The zero-order chi connectivity index (χ0) is 19.6. The van der Waals surface area contributed by atoms with Crippen LogP contribution in [0.5, 0.6) is 0 Å². The summed E-state index contributed by atoms with van der Waals surface area (Å²) in [5.74, 6) is -1.06. The first kappa shape index (κ1) is 20.6. The molecule has 0 unspecified atom stereocenters. The molecule has 0 spiro atoms. The Morgan fingerprint density at radius 3 is 2.58 bits per heavy atom. The summed E-state index contributed by atoms with van der Waals surface area (Å²) in [6.45, 7) is 6.75. The monoisotopic (exact) mass is 432 g/mol. The van der Waals surface area contributed by atoms with Crippen LogP contribution in [0.3, 0.4) is 0 Å². The number of benzene rings is 1. The average Bonchev–Trinajstić information content (AvgIpc) is 2.86. The number of alkyl halides is 1. The third kappa shape index (κ3) is 4.93. The molecule has 2 rings (SSSR count). The summed E-state index contributed by atoms with van der Waals surface area (Å²) in [4.78, 5) is 25.8. The highest BCUT2D eigenvalue weighted by molar-refractivity contribution is 9.10. The number of nitrogens with one attached hydrogen (secondary N) is 1. The molecular weight excluding hydrogens is 410 g/mol. The van der Waals surface area contributed by atoms with Crippen molar-refractivity contribution in [1.82, 2.24) is 10.2 Å². The van der Waals surface area contributed by atoms with E-state index in [9.17, 15) is 18.4 Å². The Kier molecular flexibility index (Phi) is 6.26. The first-order valence-electron chi connectivity index (χ1n) is 8.42. The number of rotatable bonds is 3. The topological polar surface area (TPSA) is 58.6 Å². The van der Waals surface area contributed by atoms with Gasteiger partial charge in [0.2, 0.25) is 0 Å². The molecule has 144 valence electrons. The van der Waals surface area contributed by atoms with Gasteiger partial charge in [-0.3, -0.25) is 4.79 Å². The van der Waals surface area contributed by atoms with Crippen LogP contribution in [-0.2, 0) is 11.2 Å².